The lowest BCUT2D eigenvalue weighted by Gasteiger charge is -2.38. The SMILES string of the molecule is CC(C)(C)c1ccc(C(c2ccc(OCC#CBr)cc2)(c2ccc(C(C)(C)C)cc2)c2ccc(C(C)(C)C)cc2)cc1. The van der Waals surface area contributed by atoms with E-state index in [0.29, 0.717) is 6.61 Å². The molecule has 0 aliphatic rings. The summed E-state index contributed by atoms with van der Waals surface area (Å²) in [5.41, 5.74) is 8.55. The van der Waals surface area contributed by atoms with Crippen molar-refractivity contribution in [3.8, 4) is 16.5 Å². The summed E-state index contributed by atoms with van der Waals surface area (Å²) in [7, 11) is 0. The quantitative estimate of drug-likeness (QED) is 0.154. The Labute approximate surface area is 262 Å². The first-order chi connectivity index (χ1) is 19.7. The summed E-state index contributed by atoms with van der Waals surface area (Å²) < 4.78 is 5.89. The molecule has 0 fully saturated rings. The molecule has 4 aromatic carbocycles. The number of rotatable bonds is 6. The molecule has 2 heteroatoms. The maximum absolute atomic E-state index is 5.89. The van der Waals surface area contributed by atoms with E-state index >= 15 is 0 Å². The second-order valence-corrected chi connectivity index (χ2v) is 14.7. The van der Waals surface area contributed by atoms with Crippen molar-refractivity contribution in [2.24, 2.45) is 0 Å². The van der Waals surface area contributed by atoms with Gasteiger partial charge in [0, 0.05) is 15.9 Å². The lowest BCUT2D eigenvalue weighted by Crippen LogP contribution is -2.31. The molecular weight excluding hydrogens is 576 g/mol. The highest BCUT2D eigenvalue weighted by molar-refractivity contribution is 9.12. The molecule has 218 valence electrons. The Bertz CT molecular complexity index is 1390. The zero-order valence-corrected chi connectivity index (χ0v) is 28.3. The van der Waals surface area contributed by atoms with Crippen molar-refractivity contribution in [1.82, 2.24) is 0 Å². The fourth-order valence-corrected chi connectivity index (χ4v) is 5.72. The van der Waals surface area contributed by atoms with E-state index in [4.69, 9.17) is 4.74 Å². The van der Waals surface area contributed by atoms with Crippen molar-refractivity contribution in [1.29, 1.82) is 0 Å². The molecule has 42 heavy (non-hydrogen) atoms. The largest absolute Gasteiger partial charge is 0.481 e. The molecule has 0 bridgehead atoms. The van der Waals surface area contributed by atoms with Gasteiger partial charge in [-0.2, -0.15) is 0 Å². The topological polar surface area (TPSA) is 9.23 Å². The third kappa shape index (κ3) is 6.68. The molecule has 0 radical (unpaired) electrons. The Morgan fingerprint density at radius 3 is 0.976 bits per heavy atom. The minimum absolute atomic E-state index is 0.0703. The second-order valence-electron chi connectivity index (χ2n) is 14.3. The van der Waals surface area contributed by atoms with Crippen LogP contribution >= 0.6 is 15.9 Å². The Morgan fingerprint density at radius 2 is 0.714 bits per heavy atom. The first-order valence-corrected chi connectivity index (χ1v) is 15.6. The Hall–Kier alpha value is -3.28. The van der Waals surface area contributed by atoms with E-state index in [9.17, 15) is 0 Å². The fourth-order valence-electron chi connectivity index (χ4n) is 5.61. The fraction of sp³-hybridized carbons (Fsp3) is 0.350. The lowest BCUT2D eigenvalue weighted by molar-refractivity contribution is 0.370. The van der Waals surface area contributed by atoms with Gasteiger partial charge in [-0.3, -0.25) is 0 Å². The van der Waals surface area contributed by atoms with Gasteiger partial charge < -0.3 is 4.74 Å². The van der Waals surface area contributed by atoms with Crippen LogP contribution in [-0.4, -0.2) is 6.61 Å². The Balaban J connectivity index is 2.03. The van der Waals surface area contributed by atoms with Crippen LogP contribution in [0.25, 0.3) is 0 Å². The van der Waals surface area contributed by atoms with E-state index in [0.717, 1.165) is 5.75 Å². The highest BCUT2D eigenvalue weighted by Crippen LogP contribution is 2.47. The van der Waals surface area contributed by atoms with Crippen molar-refractivity contribution in [3.63, 3.8) is 0 Å². The molecule has 0 saturated heterocycles. The van der Waals surface area contributed by atoms with Gasteiger partial charge in [0.05, 0.1) is 5.41 Å². The van der Waals surface area contributed by atoms with Gasteiger partial charge in [0.2, 0.25) is 0 Å². The number of hydrogen-bond acceptors (Lipinski definition) is 1. The van der Waals surface area contributed by atoms with Crippen LogP contribution < -0.4 is 4.74 Å². The van der Waals surface area contributed by atoms with Crippen molar-refractivity contribution in [3.05, 3.63) is 136 Å². The predicted molar refractivity (Wildman–Crippen MR) is 183 cm³/mol. The van der Waals surface area contributed by atoms with Crippen molar-refractivity contribution in [2.75, 3.05) is 6.61 Å². The van der Waals surface area contributed by atoms with Crippen LogP contribution in [0.5, 0.6) is 5.75 Å². The highest BCUT2D eigenvalue weighted by Gasteiger charge is 2.39. The average molecular weight is 622 g/mol. The Morgan fingerprint density at radius 1 is 0.452 bits per heavy atom. The molecule has 4 rings (SSSR count). The van der Waals surface area contributed by atoms with Crippen molar-refractivity contribution < 1.29 is 4.74 Å². The smallest absolute Gasteiger partial charge is 0.149 e. The zero-order valence-electron chi connectivity index (χ0n) is 26.7. The first-order valence-electron chi connectivity index (χ1n) is 14.8. The molecule has 0 aliphatic carbocycles. The molecule has 0 atom stereocenters. The van der Waals surface area contributed by atoms with Gasteiger partial charge in [-0.05, 0) is 78.1 Å². The van der Waals surface area contributed by atoms with Crippen LogP contribution in [0.3, 0.4) is 0 Å². The van der Waals surface area contributed by atoms with Gasteiger partial charge in [-0.25, -0.2) is 0 Å². The Kier molecular flexibility index (Phi) is 9.15. The number of halogens is 1. The monoisotopic (exact) mass is 620 g/mol. The summed E-state index contributed by atoms with van der Waals surface area (Å²) >= 11 is 3.15. The van der Waals surface area contributed by atoms with Crippen LogP contribution in [0, 0.1) is 10.8 Å². The molecule has 4 aromatic rings. The van der Waals surface area contributed by atoms with Crippen molar-refractivity contribution in [2.45, 2.75) is 84.0 Å². The molecule has 0 heterocycles. The summed E-state index contributed by atoms with van der Waals surface area (Å²) in [5, 5.41) is 0. The van der Waals surface area contributed by atoms with Crippen LogP contribution in [0.1, 0.15) is 101 Å². The van der Waals surface area contributed by atoms with E-state index in [2.05, 4.69) is 186 Å². The molecule has 1 nitrogen and oxygen atoms in total. The summed E-state index contributed by atoms with van der Waals surface area (Å²) in [6, 6.07) is 36.3. The second kappa shape index (κ2) is 12.1. The summed E-state index contributed by atoms with van der Waals surface area (Å²) in [4.78, 5) is 2.72. The molecule has 0 amide bonds. The lowest BCUT2D eigenvalue weighted by atomic mass is 9.64. The standard InChI is InChI=1S/C40H45BrO/c1-37(2,3)29-11-17-32(18-12-29)40(33-19-13-30(14-20-33)38(4,5)6,34-21-15-31(16-22-34)39(7,8)9)35-23-25-36(26-24-35)42-28-10-27-41/h11-26H,28H2,1-9H3. The van der Waals surface area contributed by atoms with Gasteiger partial charge >= 0.3 is 0 Å². The van der Waals surface area contributed by atoms with E-state index in [-0.39, 0.29) is 16.2 Å². The summed E-state index contributed by atoms with van der Waals surface area (Å²) in [6.45, 7) is 20.8. The summed E-state index contributed by atoms with van der Waals surface area (Å²) in [6.07, 6.45) is 0. The van der Waals surface area contributed by atoms with Crippen LogP contribution in [0.2, 0.25) is 0 Å². The van der Waals surface area contributed by atoms with Crippen LogP contribution in [-0.2, 0) is 21.7 Å². The van der Waals surface area contributed by atoms with Crippen LogP contribution in [0.15, 0.2) is 97.1 Å². The van der Waals surface area contributed by atoms with E-state index in [1.165, 1.54) is 38.9 Å². The molecule has 0 saturated carbocycles. The van der Waals surface area contributed by atoms with E-state index in [1.54, 1.807) is 0 Å². The van der Waals surface area contributed by atoms with E-state index in [1.807, 2.05) is 0 Å². The maximum atomic E-state index is 5.89. The third-order valence-electron chi connectivity index (χ3n) is 8.22. The van der Waals surface area contributed by atoms with E-state index < -0.39 is 5.41 Å². The number of benzene rings is 4. The molecule has 0 aliphatic heterocycles. The third-order valence-corrected chi connectivity index (χ3v) is 8.50. The van der Waals surface area contributed by atoms with Gasteiger partial charge in [-0.15, -0.1) is 0 Å². The first kappa shape index (κ1) is 31.7. The molecular formula is C40H45BrO. The van der Waals surface area contributed by atoms with Crippen LogP contribution in [0.4, 0.5) is 0 Å². The average Bonchev–Trinajstić information content (AvgIpc) is 2.94. The summed E-state index contributed by atoms with van der Waals surface area (Å²) in [5.74, 6) is 3.72. The van der Waals surface area contributed by atoms with Crippen molar-refractivity contribution >= 4 is 15.9 Å². The highest BCUT2D eigenvalue weighted by atomic mass is 79.9. The zero-order chi connectivity index (χ0) is 30.8. The minimum Gasteiger partial charge on any atom is -0.481 e. The molecule has 0 unspecified atom stereocenters. The van der Waals surface area contributed by atoms with Gasteiger partial charge in [0.15, 0.2) is 0 Å². The predicted octanol–water partition coefficient (Wildman–Crippen LogP) is 10.7. The maximum Gasteiger partial charge on any atom is 0.149 e. The molecule has 0 N–H and O–H groups in total. The minimum atomic E-state index is -0.530. The molecule has 0 aromatic heterocycles. The van der Waals surface area contributed by atoms with Gasteiger partial charge in [-0.1, -0.05) is 147 Å². The van der Waals surface area contributed by atoms with Gasteiger partial charge in [0.25, 0.3) is 0 Å². The molecule has 0 spiro atoms. The van der Waals surface area contributed by atoms with Gasteiger partial charge in [0.1, 0.15) is 12.4 Å². The normalized spacial score (nSPS) is 12.4. The number of hydrogen-bond donors (Lipinski definition) is 0. The number of ether oxygens (including phenoxy) is 1.